The van der Waals surface area contributed by atoms with E-state index in [1.165, 1.54) is 42.7 Å². The average molecular weight is 798 g/mol. The second kappa shape index (κ2) is 17.0. The van der Waals surface area contributed by atoms with Gasteiger partial charge in [-0.2, -0.15) is 5.10 Å². The number of aryl methyl sites for hydroxylation is 4. The number of methoxy groups -OCH3 is 1. The Labute approximate surface area is 330 Å². The minimum Gasteiger partial charge on any atom is -0.494 e. The first-order valence-corrected chi connectivity index (χ1v) is 18.9. The zero-order valence-electron chi connectivity index (χ0n) is 32.1. The van der Waals surface area contributed by atoms with Crippen molar-refractivity contribution < 1.29 is 33.8 Å². The number of hydrogen-bond donors (Lipinski definition) is 5. The molecule has 0 fully saturated rings. The van der Waals surface area contributed by atoms with E-state index >= 15 is 0 Å². The van der Waals surface area contributed by atoms with Gasteiger partial charge < -0.3 is 35.2 Å². The Hall–Kier alpha value is -6.60. The second-order valence-electron chi connectivity index (χ2n) is 12.9. The smallest absolute Gasteiger partial charge is 0.276 e. The van der Waals surface area contributed by atoms with Gasteiger partial charge in [-0.3, -0.25) is 34.5 Å². The third-order valence-electron chi connectivity index (χ3n) is 8.94. The maximum Gasteiger partial charge on any atom is 0.276 e. The molecule has 298 valence electrons. The molecule has 4 heterocycles. The summed E-state index contributed by atoms with van der Waals surface area (Å²) in [6.07, 6.45) is 4.52. The number of hydrogen-bond acceptors (Lipinski definition) is 12. The molecule has 0 bridgehead atoms. The van der Waals surface area contributed by atoms with E-state index in [-0.39, 0.29) is 55.1 Å². The maximum atomic E-state index is 13.7. The molecule has 57 heavy (non-hydrogen) atoms. The molecule has 6 rings (SSSR count). The Balaban J connectivity index is 1.41. The average Bonchev–Trinajstić information content (AvgIpc) is 3.95. The summed E-state index contributed by atoms with van der Waals surface area (Å²) in [5.41, 5.74) is 14.9. The fraction of sp³-hybridized carbons (Fsp3) is 0.316. The van der Waals surface area contributed by atoms with Crippen LogP contribution < -0.4 is 31.6 Å². The van der Waals surface area contributed by atoms with Gasteiger partial charge in [0.15, 0.2) is 0 Å². The molecule has 6 aromatic rings. The summed E-state index contributed by atoms with van der Waals surface area (Å²) in [5.74, 6) is -1.28. The van der Waals surface area contributed by atoms with E-state index in [0.29, 0.717) is 69.2 Å². The summed E-state index contributed by atoms with van der Waals surface area (Å²) >= 11 is 1.27. The van der Waals surface area contributed by atoms with E-state index in [1.807, 2.05) is 32.9 Å². The van der Waals surface area contributed by atoms with Gasteiger partial charge in [0.25, 0.3) is 11.8 Å². The quantitative estimate of drug-likeness (QED) is 0.0653. The SMILES string of the molecule is CCc1nc(C)sc1C(=O)Nc1nc2cc(C(N)=O)cc(OCCCO)c2n1CC=CCn1c(NC(=O)c2cc(C)nn2CC)nc2cc(C(N)=O)cc(OC)c21. The predicted molar refractivity (Wildman–Crippen MR) is 214 cm³/mol. The van der Waals surface area contributed by atoms with Gasteiger partial charge in [-0.15, -0.1) is 11.3 Å². The summed E-state index contributed by atoms with van der Waals surface area (Å²) in [4.78, 5) is 66.1. The summed E-state index contributed by atoms with van der Waals surface area (Å²) < 4.78 is 16.7. The number of nitrogens with two attached hydrogens (primary N) is 2. The Bertz CT molecular complexity index is 2550. The number of primary amides is 2. The van der Waals surface area contributed by atoms with Crippen molar-refractivity contribution in [3.8, 4) is 11.5 Å². The number of anilines is 2. The van der Waals surface area contributed by atoms with Crippen molar-refractivity contribution in [3.05, 3.63) is 80.6 Å². The number of aromatic nitrogens is 7. The predicted octanol–water partition coefficient (Wildman–Crippen LogP) is 3.97. The van der Waals surface area contributed by atoms with Crippen LogP contribution in [-0.4, -0.2) is 82.9 Å². The van der Waals surface area contributed by atoms with E-state index in [2.05, 4.69) is 25.7 Å². The van der Waals surface area contributed by atoms with Gasteiger partial charge in [0, 0.05) is 43.8 Å². The fourth-order valence-corrected chi connectivity index (χ4v) is 7.25. The molecule has 0 spiro atoms. The highest BCUT2D eigenvalue weighted by Crippen LogP contribution is 2.33. The van der Waals surface area contributed by atoms with E-state index in [1.54, 1.807) is 26.8 Å². The zero-order valence-corrected chi connectivity index (χ0v) is 32.9. The van der Waals surface area contributed by atoms with Crippen LogP contribution in [0.5, 0.6) is 11.5 Å². The van der Waals surface area contributed by atoms with E-state index < -0.39 is 23.6 Å². The number of imidazole rings is 2. The molecule has 19 heteroatoms. The van der Waals surface area contributed by atoms with Crippen molar-refractivity contribution >= 4 is 68.9 Å². The number of rotatable bonds is 17. The number of carbonyl (C=O) groups excluding carboxylic acids is 4. The standard InChI is InChI=1S/C38H43N11O7S/c1-6-24-32(57-21(4)41-24)36(54)45-38-43-26-17-23(34(40)52)19-29(56-14-10-13-50)31(26)48(38)12-9-8-11-47-30-25(16-22(33(39)51)18-28(30)55-5)42-37(47)44-35(53)27-15-20(3)46-49(27)7-2/h8-9,15-19,50H,6-7,10-14H2,1-5H3,(H2,39,51)(H2,40,52)(H,42,44,53)(H,43,45,54). The fourth-order valence-electron chi connectivity index (χ4n) is 6.34. The highest BCUT2D eigenvalue weighted by Gasteiger charge is 2.24. The summed E-state index contributed by atoms with van der Waals surface area (Å²) in [6, 6.07) is 7.73. The first-order chi connectivity index (χ1) is 27.4. The van der Waals surface area contributed by atoms with Crippen LogP contribution in [0.4, 0.5) is 11.9 Å². The topological polar surface area (TPSA) is 249 Å². The number of carbonyl (C=O) groups is 4. The van der Waals surface area contributed by atoms with Crippen LogP contribution in [0.25, 0.3) is 22.1 Å². The Morgan fingerprint density at radius 3 is 1.96 bits per heavy atom. The number of aliphatic hydroxyl groups excluding tert-OH is 1. The van der Waals surface area contributed by atoms with Crippen LogP contribution >= 0.6 is 11.3 Å². The lowest BCUT2D eigenvalue weighted by atomic mass is 10.1. The number of amides is 4. The van der Waals surface area contributed by atoms with E-state index in [0.717, 1.165) is 5.01 Å². The van der Waals surface area contributed by atoms with E-state index in [4.69, 9.17) is 25.9 Å². The zero-order chi connectivity index (χ0) is 41.0. The minimum absolute atomic E-state index is 0.113. The third kappa shape index (κ3) is 8.33. The molecule has 0 unspecified atom stereocenters. The van der Waals surface area contributed by atoms with Crippen molar-refractivity contribution in [1.82, 2.24) is 33.9 Å². The summed E-state index contributed by atoms with van der Waals surface area (Å²) in [7, 11) is 1.45. The van der Waals surface area contributed by atoms with Crippen LogP contribution in [0.1, 0.15) is 77.5 Å². The third-order valence-corrected chi connectivity index (χ3v) is 9.95. The molecule has 4 amide bonds. The number of ether oxygens (including phenoxy) is 2. The Kier molecular flexibility index (Phi) is 12.0. The largest absolute Gasteiger partial charge is 0.494 e. The Morgan fingerprint density at radius 1 is 0.842 bits per heavy atom. The van der Waals surface area contributed by atoms with Gasteiger partial charge in [-0.05, 0) is 57.5 Å². The van der Waals surface area contributed by atoms with Crippen LogP contribution in [-0.2, 0) is 26.1 Å². The van der Waals surface area contributed by atoms with Gasteiger partial charge in [0.2, 0.25) is 23.7 Å². The second-order valence-corrected chi connectivity index (χ2v) is 14.1. The molecule has 0 aliphatic carbocycles. The lowest BCUT2D eigenvalue weighted by Gasteiger charge is -2.13. The molecule has 0 radical (unpaired) electrons. The molecule has 0 atom stereocenters. The van der Waals surface area contributed by atoms with Gasteiger partial charge >= 0.3 is 0 Å². The van der Waals surface area contributed by atoms with Gasteiger partial charge in [0.05, 0.1) is 41.1 Å². The molecule has 0 aliphatic heterocycles. The van der Waals surface area contributed by atoms with E-state index in [9.17, 15) is 24.3 Å². The number of allylic oxidation sites excluding steroid dienone is 2. The van der Waals surface area contributed by atoms with Crippen LogP contribution in [0.3, 0.4) is 0 Å². The van der Waals surface area contributed by atoms with Crippen molar-refractivity contribution in [2.45, 2.75) is 60.2 Å². The molecular formula is C38H43N11O7S. The van der Waals surface area contributed by atoms with Crippen molar-refractivity contribution in [1.29, 1.82) is 0 Å². The Morgan fingerprint density at radius 2 is 1.42 bits per heavy atom. The minimum atomic E-state index is -0.695. The molecule has 2 aromatic carbocycles. The maximum absolute atomic E-state index is 13.7. The van der Waals surface area contributed by atoms with Crippen molar-refractivity contribution in [3.63, 3.8) is 0 Å². The first-order valence-electron chi connectivity index (χ1n) is 18.1. The lowest BCUT2D eigenvalue weighted by Crippen LogP contribution is -2.20. The van der Waals surface area contributed by atoms with Gasteiger partial charge in [0.1, 0.15) is 33.1 Å². The molecule has 4 aromatic heterocycles. The van der Waals surface area contributed by atoms with Crippen LogP contribution in [0.2, 0.25) is 0 Å². The molecule has 7 N–H and O–H groups in total. The van der Waals surface area contributed by atoms with Gasteiger partial charge in [-0.25, -0.2) is 15.0 Å². The number of thiazole rings is 1. The van der Waals surface area contributed by atoms with Crippen molar-refractivity contribution in [2.75, 3.05) is 31.0 Å². The highest BCUT2D eigenvalue weighted by atomic mass is 32.1. The lowest BCUT2D eigenvalue weighted by molar-refractivity contribution is 0.0991. The monoisotopic (exact) mass is 797 g/mol. The van der Waals surface area contributed by atoms with Crippen LogP contribution in [0.15, 0.2) is 42.5 Å². The molecule has 0 saturated heterocycles. The van der Waals surface area contributed by atoms with Gasteiger partial charge in [-0.1, -0.05) is 19.1 Å². The molecule has 18 nitrogen and oxygen atoms in total. The number of nitrogens with one attached hydrogen (secondary N) is 2. The van der Waals surface area contributed by atoms with Crippen molar-refractivity contribution in [2.24, 2.45) is 11.5 Å². The summed E-state index contributed by atoms with van der Waals surface area (Å²) in [5, 5.41) is 20.4. The number of nitrogens with zero attached hydrogens (tertiary/aromatic N) is 7. The normalized spacial score (nSPS) is 11.5. The molecule has 0 saturated carbocycles. The number of fused-ring (bicyclic) bond motifs is 2. The number of benzene rings is 2. The summed E-state index contributed by atoms with van der Waals surface area (Å²) in [6.45, 7) is 8.22. The molecular weight excluding hydrogens is 755 g/mol. The molecule has 0 aliphatic rings. The number of aliphatic hydroxyl groups is 1. The first kappa shape index (κ1) is 40.1. The highest BCUT2D eigenvalue weighted by molar-refractivity contribution is 7.13. The van der Waals surface area contributed by atoms with Crippen LogP contribution in [0, 0.1) is 13.8 Å².